The van der Waals surface area contributed by atoms with Crippen LogP contribution in [0.15, 0.2) is 90.9 Å². The normalized spacial score (nSPS) is 11.7. The van der Waals surface area contributed by atoms with E-state index in [1.165, 1.54) is 5.56 Å². The third-order valence-corrected chi connectivity index (χ3v) is 6.59. The van der Waals surface area contributed by atoms with E-state index in [0.29, 0.717) is 18.5 Å². The second kappa shape index (κ2) is 10.6. The van der Waals surface area contributed by atoms with E-state index in [9.17, 15) is 9.59 Å². The second-order valence-corrected chi connectivity index (χ2v) is 9.13. The summed E-state index contributed by atoms with van der Waals surface area (Å²) in [6.07, 6.45) is 6.44. The average Bonchev–Trinajstić information content (AvgIpc) is 3.49. The first kappa shape index (κ1) is 24.1. The Labute approximate surface area is 216 Å². The van der Waals surface area contributed by atoms with E-state index in [-0.39, 0.29) is 17.5 Å². The highest BCUT2D eigenvalue weighted by Gasteiger charge is 2.16. The number of fused-ring (bicyclic) bond motifs is 2. The Kier molecular flexibility index (Phi) is 6.90. The largest absolute Gasteiger partial charge is 0.361 e. The van der Waals surface area contributed by atoms with E-state index in [1.807, 2.05) is 36.7 Å². The molecule has 0 bridgehead atoms. The fourth-order valence-electron chi connectivity index (χ4n) is 4.65. The quantitative estimate of drug-likeness (QED) is 0.248. The summed E-state index contributed by atoms with van der Waals surface area (Å²) in [7, 11) is 0. The van der Waals surface area contributed by atoms with Gasteiger partial charge < -0.3 is 20.2 Å². The van der Waals surface area contributed by atoms with Crippen LogP contribution in [0.1, 0.15) is 34.0 Å². The van der Waals surface area contributed by atoms with Crippen molar-refractivity contribution >= 4 is 39.7 Å². The molecule has 0 radical (unpaired) electrons. The Morgan fingerprint density at radius 3 is 2.57 bits per heavy atom. The number of aromatic amines is 1. The van der Waals surface area contributed by atoms with Crippen LogP contribution in [-0.2, 0) is 17.8 Å². The first-order chi connectivity index (χ1) is 18.0. The standard InChI is InChI=1S/C31H30N4O2/c1-3-35-20-24(25-11-7-8-12-29(25)35)18-28(34-30(36)22-9-5-4-6-10-22)31(37)32-16-15-23-19-33-27-14-13-21(2)17-26(23)27/h4-14,17-20,33H,3,15-16H2,1-2H3,(H,32,37)(H,34,36). The molecular formula is C31H30N4O2. The molecule has 6 heteroatoms. The molecule has 2 heterocycles. The van der Waals surface area contributed by atoms with Gasteiger partial charge in [-0.25, -0.2) is 0 Å². The van der Waals surface area contributed by atoms with Gasteiger partial charge in [0, 0.05) is 58.4 Å². The third kappa shape index (κ3) is 5.19. The number of carbonyl (C=O) groups is 2. The van der Waals surface area contributed by atoms with Crippen LogP contribution in [0.3, 0.4) is 0 Å². The minimum Gasteiger partial charge on any atom is -0.361 e. The summed E-state index contributed by atoms with van der Waals surface area (Å²) in [5.41, 5.74) is 6.08. The number of hydrogen-bond acceptors (Lipinski definition) is 2. The molecule has 6 nitrogen and oxygen atoms in total. The number of aryl methyl sites for hydroxylation is 2. The summed E-state index contributed by atoms with van der Waals surface area (Å²) in [6, 6.07) is 23.3. The molecule has 3 N–H and O–H groups in total. The molecule has 0 saturated heterocycles. The number of nitrogens with one attached hydrogen (secondary N) is 3. The van der Waals surface area contributed by atoms with Gasteiger partial charge in [-0.1, -0.05) is 48.0 Å². The van der Waals surface area contributed by atoms with Crippen molar-refractivity contribution in [2.75, 3.05) is 6.54 Å². The number of carbonyl (C=O) groups excluding carboxylic acids is 2. The molecule has 0 atom stereocenters. The minimum atomic E-state index is -0.326. The van der Waals surface area contributed by atoms with E-state index in [4.69, 9.17) is 0 Å². The summed E-state index contributed by atoms with van der Waals surface area (Å²) in [5.74, 6) is -0.651. The SMILES string of the molecule is CCn1cc(C=C(NC(=O)c2ccccc2)C(=O)NCCc2c[nH]c3ccc(C)cc23)c2ccccc21. The molecule has 5 rings (SSSR count). The topological polar surface area (TPSA) is 78.9 Å². The second-order valence-electron chi connectivity index (χ2n) is 9.13. The Balaban J connectivity index is 1.40. The number of benzene rings is 3. The number of nitrogens with zero attached hydrogens (tertiary/aromatic N) is 1. The maximum Gasteiger partial charge on any atom is 0.267 e. The number of amides is 2. The highest BCUT2D eigenvalue weighted by Crippen LogP contribution is 2.24. The zero-order chi connectivity index (χ0) is 25.8. The van der Waals surface area contributed by atoms with E-state index < -0.39 is 0 Å². The monoisotopic (exact) mass is 490 g/mol. The lowest BCUT2D eigenvalue weighted by Crippen LogP contribution is -2.35. The molecule has 3 aromatic carbocycles. The third-order valence-electron chi connectivity index (χ3n) is 6.59. The lowest BCUT2D eigenvalue weighted by Gasteiger charge is -2.11. The Morgan fingerprint density at radius 2 is 1.76 bits per heavy atom. The van der Waals surface area contributed by atoms with Gasteiger partial charge in [-0.3, -0.25) is 9.59 Å². The van der Waals surface area contributed by atoms with Gasteiger partial charge in [0.25, 0.3) is 11.8 Å². The molecule has 0 unspecified atom stereocenters. The van der Waals surface area contributed by atoms with E-state index in [2.05, 4.69) is 58.3 Å². The number of aromatic nitrogens is 2. The predicted octanol–water partition coefficient (Wildman–Crippen LogP) is 5.58. The lowest BCUT2D eigenvalue weighted by molar-refractivity contribution is -0.117. The summed E-state index contributed by atoms with van der Waals surface area (Å²) in [4.78, 5) is 29.6. The molecule has 5 aromatic rings. The number of H-pyrrole nitrogens is 1. The van der Waals surface area contributed by atoms with Gasteiger partial charge in [0.05, 0.1) is 0 Å². The highest BCUT2D eigenvalue weighted by molar-refractivity contribution is 6.06. The van der Waals surface area contributed by atoms with E-state index in [0.717, 1.165) is 39.5 Å². The van der Waals surface area contributed by atoms with Crippen molar-refractivity contribution in [2.45, 2.75) is 26.8 Å². The van der Waals surface area contributed by atoms with Gasteiger partial charge in [-0.05, 0) is 62.2 Å². The van der Waals surface area contributed by atoms with E-state index >= 15 is 0 Å². The van der Waals surface area contributed by atoms with E-state index in [1.54, 1.807) is 30.3 Å². The number of para-hydroxylation sites is 1. The molecule has 0 aliphatic carbocycles. The molecular weight excluding hydrogens is 460 g/mol. The van der Waals surface area contributed by atoms with Crippen LogP contribution >= 0.6 is 0 Å². The van der Waals surface area contributed by atoms with Gasteiger partial charge in [-0.15, -0.1) is 0 Å². The van der Waals surface area contributed by atoms with Gasteiger partial charge in [0.15, 0.2) is 0 Å². The molecule has 0 aliphatic rings. The van der Waals surface area contributed by atoms with Crippen molar-refractivity contribution in [3.8, 4) is 0 Å². The zero-order valence-electron chi connectivity index (χ0n) is 21.0. The summed E-state index contributed by atoms with van der Waals surface area (Å²) in [5, 5.41) is 8.04. The van der Waals surface area contributed by atoms with Crippen molar-refractivity contribution in [2.24, 2.45) is 0 Å². The van der Waals surface area contributed by atoms with Crippen LogP contribution in [0.25, 0.3) is 27.9 Å². The first-order valence-corrected chi connectivity index (χ1v) is 12.5. The molecule has 2 aromatic heterocycles. The Bertz CT molecular complexity index is 1610. The maximum atomic E-state index is 13.4. The van der Waals surface area contributed by atoms with Crippen LogP contribution in [0.4, 0.5) is 0 Å². The smallest absolute Gasteiger partial charge is 0.267 e. The van der Waals surface area contributed by atoms with Gasteiger partial charge >= 0.3 is 0 Å². The van der Waals surface area contributed by atoms with Crippen molar-refractivity contribution in [3.63, 3.8) is 0 Å². The van der Waals surface area contributed by atoms with Crippen LogP contribution < -0.4 is 10.6 Å². The molecule has 37 heavy (non-hydrogen) atoms. The zero-order valence-corrected chi connectivity index (χ0v) is 21.0. The fourth-order valence-corrected chi connectivity index (χ4v) is 4.65. The number of rotatable bonds is 8. The van der Waals surface area contributed by atoms with Crippen molar-refractivity contribution in [1.29, 1.82) is 0 Å². The Morgan fingerprint density at radius 1 is 0.973 bits per heavy atom. The average molecular weight is 491 g/mol. The van der Waals surface area contributed by atoms with Gasteiger partial charge in [0.2, 0.25) is 0 Å². The summed E-state index contributed by atoms with van der Waals surface area (Å²) in [6.45, 7) is 5.39. The van der Waals surface area contributed by atoms with Crippen LogP contribution in [0.5, 0.6) is 0 Å². The maximum absolute atomic E-state index is 13.4. The summed E-state index contributed by atoms with van der Waals surface area (Å²) < 4.78 is 2.13. The summed E-state index contributed by atoms with van der Waals surface area (Å²) >= 11 is 0. The minimum absolute atomic E-state index is 0.211. The highest BCUT2D eigenvalue weighted by atomic mass is 16.2. The fraction of sp³-hybridized carbons (Fsp3) is 0.161. The molecule has 0 spiro atoms. The van der Waals surface area contributed by atoms with Gasteiger partial charge in [-0.2, -0.15) is 0 Å². The molecule has 0 fully saturated rings. The van der Waals surface area contributed by atoms with Crippen molar-refractivity contribution in [1.82, 2.24) is 20.2 Å². The molecule has 0 saturated carbocycles. The van der Waals surface area contributed by atoms with Crippen LogP contribution in [0.2, 0.25) is 0 Å². The van der Waals surface area contributed by atoms with Crippen LogP contribution in [-0.4, -0.2) is 27.9 Å². The van der Waals surface area contributed by atoms with Crippen LogP contribution in [0, 0.1) is 6.92 Å². The predicted molar refractivity (Wildman–Crippen MR) is 149 cm³/mol. The first-order valence-electron chi connectivity index (χ1n) is 12.5. The Hall–Kier alpha value is -4.58. The van der Waals surface area contributed by atoms with Crippen molar-refractivity contribution < 1.29 is 9.59 Å². The molecule has 186 valence electrons. The van der Waals surface area contributed by atoms with Crippen molar-refractivity contribution in [3.05, 3.63) is 113 Å². The lowest BCUT2D eigenvalue weighted by atomic mass is 10.1. The molecule has 2 amide bonds. The number of hydrogen-bond donors (Lipinski definition) is 3. The molecule has 0 aliphatic heterocycles. The van der Waals surface area contributed by atoms with Gasteiger partial charge in [0.1, 0.15) is 5.70 Å².